The van der Waals surface area contributed by atoms with E-state index < -0.39 is 4.92 Å². The highest BCUT2D eigenvalue weighted by Gasteiger charge is 2.08. The summed E-state index contributed by atoms with van der Waals surface area (Å²) >= 11 is 1.41. The van der Waals surface area contributed by atoms with Crippen LogP contribution in [0.1, 0.15) is 12.5 Å². The van der Waals surface area contributed by atoms with Crippen LogP contribution < -0.4 is 5.43 Å². The van der Waals surface area contributed by atoms with E-state index >= 15 is 0 Å². The molecule has 2 aromatic rings. The van der Waals surface area contributed by atoms with Crippen LogP contribution in [0.5, 0.6) is 0 Å². The molecule has 0 spiro atoms. The number of rotatable bonds is 6. The van der Waals surface area contributed by atoms with E-state index in [1.54, 1.807) is 19.1 Å². The molecule has 7 heteroatoms. The average Bonchev–Trinajstić information content (AvgIpc) is 2.58. The third-order valence-corrected chi connectivity index (χ3v) is 3.95. The molecule has 0 aromatic heterocycles. The Morgan fingerprint density at radius 1 is 1.22 bits per heavy atom. The largest absolute Gasteiger partial charge is 0.272 e. The number of nitro groups is 1. The van der Waals surface area contributed by atoms with Crippen LogP contribution in [0.25, 0.3) is 0 Å². The second-order valence-electron chi connectivity index (χ2n) is 4.64. The lowest BCUT2D eigenvalue weighted by atomic mass is 10.1. The lowest BCUT2D eigenvalue weighted by Crippen LogP contribution is -2.21. The molecule has 2 rings (SSSR count). The lowest BCUT2D eigenvalue weighted by Gasteiger charge is -2.03. The van der Waals surface area contributed by atoms with Crippen LogP contribution in [0.4, 0.5) is 5.69 Å². The molecular weight excluding hydrogens is 314 g/mol. The maximum absolute atomic E-state index is 11.8. The Hall–Kier alpha value is -2.67. The molecule has 0 bridgehead atoms. The molecule has 2 aromatic carbocycles. The van der Waals surface area contributed by atoms with Crippen molar-refractivity contribution in [2.45, 2.75) is 11.8 Å². The molecule has 0 unspecified atom stereocenters. The third kappa shape index (κ3) is 5.23. The Kier molecular flexibility index (Phi) is 5.87. The highest BCUT2D eigenvalue weighted by atomic mass is 32.2. The van der Waals surface area contributed by atoms with Gasteiger partial charge in [0.25, 0.3) is 5.69 Å². The number of amides is 1. The topological polar surface area (TPSA) is 84.6 Å². The Labute approximate surface area is 137 Å². The molecule has 1 amide bonds. The number of nitrogens with zero attached hydrogens (tertiary/aromatic N) is 2. The van der Waals surface area contributed by atoms with Gasteiger partial charge in [-0.1, -0.05) is 30.3 Å². The number of hydrazone groups is 1. The molecule has 23 heavy (non-hydrogen) atoms. The van der Waals surface area contributed by atoms with Gasteiger partial charge in [0.2, 0.25) is 5.91 Å². The molecule has 0 saturated heterocycles. The van der Waals surface area contributed by atoms with E-state index in [9.17, 15) is 14.9 Å². The van der Waals surface area contributed by atoms with Crippen molar-refractivity contribution in [1.29, 1.82) is 0 Å². The summed E-state index contributed by atoms with van der Waals surface area (Å²) in [5.41, 5.74) is 3.55. The molecule has 6 nitrogen and oxygen atoms in total. The van der Waals surface area contributed by atoms with Gasteiger partial charge in [-0.15, -0.1) is 11.8 Å². The molecule has 0 aliphatic rings. The summed E-state index contributed by atoms with van der Waals surface area (Å²) in [4.78, 5) is 23.1. The van der Waals surface area contributed by atoms with E-state index in [1.807, 2.05) is 30.3 Å². The van der Waals surface area contributed by atoms with E-state index in [2.05, 4.69) is 10.5 Å². The van der Waals surface area contributed by atoms with Crippen molar-refractivity contribution in [2.75, 3.05) is 5.75 Å². The number of hydrogen-bond donors (Lipinski definition) is 1. The van der Waals surface area contributed by atoms with Crippen LogP contribution in [0, 0.1) is 10.1 Å². The smallest absolute Gasteiger partial charge is 0.270 e. The fraction of sp³-hybridized carbons (Fsp3) is 0.125. The van der Waals surface area contributed by atoms with Crippen molar-refractivity contribution in [3.05, 3.63) is 70.3 Å². The second-order valence-corrected chi connectivity index (χ2v) is 5.69. The van der Waals surface area contributed by atoms with Gasteiger partial charge in [0.1, 0.15) is 0 Å². The van der Waals surface area contributed by atoms with Crippen LogP contribution in [0.2, 0.25) is 0 Å². The van der Waals surface area contributed by atoms with Gasteiger partial charge in [0.15, 0.2) is 0 Å². The van der Waals surface area contributed by atoms with E-state index in [0.29, 0.717) is 11.3 Å². The number of benzene rings is 2. The lowest BCUT2D eigenvalue weighted by molar-refractivity contribution is -0.384. The zero-order valence-electron chi connectivity index (χ0n) is 12.4. The van der Waals surface area contributed by atoms with Gasteiger partial charge < -0.3 is 0 Å². The number of hydrogen-bond acceptors (Lipinski definition) is 5. The maximum atomic E-state index is 11.8. The minimum atomic E-state index is -0.466. The van der Waals surface area contributed by atoms with E-state index in [1.165, 1.54) is 23.9 Å². The van der Waals surface area contributed by atoms with Gasteiger partial charge in [0, 0.05) is 22.6 Å². The van der Waals surface area contributed by atoms with Crippen molar-refractivity contribution < 1.29 is 9.72 Å². The van der Waals surface area contributed by atoms with E-state index in [4.69, 9.17) is 0 Å². The maximum Gasteiger partial charge on any atom is 0.270 e. The molecule has 0 fully saturated rings. The van der Waals surface area contributed by atoms with Crippen molar-refractivity contribution in [3.8, 4) is 0 Å². The first-order chi connectivity index (χ1) is 11.1. The fourth-order valence-corrected chi connectivity index (χ4v) is 2.47. The van der Waals surface area contributed by atoms with E-state index in [0.717, 1.165) is 4.90 Å². The minimum absolute atomic E-state index is 0.0111. The first-order valence-electron chi connectivity index (χ1n) is 6.82. The molecule has 0 aliphatic carbocycles. The van der Waals surface area contributed by atoms with Crippen LogP contribution in [0.15, 0.2) is 64.6 Å². The normalized spacial score (nSPS) is 11.1. The Bertz CT molecular complexity index is 732. The first kappa shape index (κ1) is 16.7. The molecule has 0 aliphatic heterocycles. The molecular formula is C16H15N3O3S. The quantitative estimate of drug-likeness (QED) is 0.382. The van der Waals surface area contributed by atoms with Crippen molar-refractivity contribution >= 4 is 29.1 Å². The van der Waals surface area contributed by atoms with Gasteiger partial charge in [-0.25, -0.2) is 5.43 Å². The molecule has 1 N–H and O–H groups in total. The minimum Gasteiger partial charge on any atom is -0.272 e. The summed E-state index contributed by atoms with van der Waals surface area (Å²) in [6.07, 6.45) is 0. The summed E-state index contributed by atoms with van der Waals surface area (Å²) in [7, 11) is 0. The molecule has 118 valence electrons. The first-order valence-corrected chi connectivity index (χ1v) is 7.80. The summed E-state index contributed by atoms with van der Waals surface area (Å²) < 4.78 is 0. The van der Waals surface area contributed by atoms with Crippen molar-refractivity contribution in [3.63, 3.8) is 0 Å². The van der Waals surface area contributed by atoms with Crippen LogP contribution in [-0.2, 0) is 4.79 Å². The van der Waals surface area contributed by atoms with Gasteiger partial charge in [-0.05, 0) is 19.1 Å². The molecule has 0 atom stereocenters. The SMILES string of the molecule is C/C(=N/NC(=O)CSc1ccccc1)c1cccc([N+](=O)[O-])c1. The Morgan fingerprint density at radius 2 is 1.96 bits per heavy atom. The second kappa shape index (κ2) is 8.09. The Balaban J connectivity index is 1.92. The zero-order valence-corrected chi connectivity index (χ0v) is 13.2. The van der Waals surface area contributed by atoms with E-state index in [-0.39, 0.29) is 17.3 Å². The van der Waals surface area contributed by atoms with Crippen LogP contribution in [-0.4, -0.2) is 22.3 Å². The van der Waals surface area contributed by atoms with Gasteiger partial charge in [-0.2, -0.15) is 5.10 Å². The van der Waals surface area contributed by atoms with Crippen LogP contribution in [0.3, 0.4) is 0 Å². The van der Waals surface area contributed by atoms with Gasteiger partial charge in [0.05, 0.1) is 16.4 Å². The highest BCUT2D eigenvalue weighted by Crippen LogP contribution is 2.16. The standard InChI is InChI=1S/C16H15N3O3S/c1-12(13-6-5-7-14(10-13)19(21)22)17-18-16(20)11-23-15-8-3-2-4-9-15/h2-10H,11H2,1H3,(H,18,20)/b17-12-. The summed E-state index contributed by atoms with van der Waals surface area (Å²) in [5.74, 6) is 0.0130. The molecule has 0 saturated carbocycles. The summed E-state index contributed by atoms with van der Waals surface area (Å²) in [6.45, 7) is 1.68. The zero-order chi connectivity index (χ0) is 16.7. The number of thioether (sulfide) groups is 1. The van der Waals surface area contributed by atoms with Gasteiger partial charge >= 0.3 is 0 Å². The number of carbonyl (C=O) groups excluding carboxylic acids is 1. The Morgan fingerprint density at radius 3 is 2.65 bits per heavy atom. The van der Waals surface area contributed by atoms with Crippen molar-refractivity contribution in [1.82, 2.24) is 5.43 Å². The predicted molar refractivity (Wildman–Crippen MR) is 90.6 cm³/mol. The highest BCUT2D eigenvalue weighted by molar-refractivity contribution is 8.00. The fourth-order valence-electron chi connectivity index (χ4n) is 1.75. The van der Waals surface area contributed by atoms with Crippen LogP contribution >= 0.6 is 11.8 Å². The number of carbonyl (C=O) groups is 1. The van der Waals surface area contributed by atoms with Gasteiger partial charge in [-0.3, -0.25) is 14.9 Å². The number of nitrogens with one attached hydrogen (secondary N) is 1. The molecule has 0 radical (unpaired) electrons. The predicted octanol–water partition coefficient (Wildman–Crippen LogP) is 3.23. The summed E-state index contributed by atoms with van der Waals surface area (Å²) in [5, 5.41) is 14.7. The molecule has 0 heterocycles. The summed E-state index contributed by atoms with van der Waals surface area (Å²) in [6, 6.07) is 15.7. The number of nitro benzene ring substituents is 1. The number of non-ortho nitro benzene ring substituents is 1. The third-order valence-electron chi connectivity index (χ3n) is 2.94. The monoisotopic (exact) mass is 329 g/mol. The van der Waals surface area contributed by atoms with Crippen molar-refractivity contribution in [2.24, 2.45) is 5.10 Å². The average molecular weight is 329 g/mol.